The van der Waals surface area contributed by atoms with Gasteiger partial charge in [-0.15, -0.1) is 0 Å². The largest absolute Gasteiger partial charge is 0.467 e. The van der Waals surface area contributed by atoms with Gasteiger partial charge < -0.3 is 9.32 Å². The van der Waals surface area contributed by atoms with Gasteiger partial charge in [0.05, 0.1) is 30.1 Å². The van der Waals surface area contributed by atoms with E-state index in [0.29, 0.717) is 6.42 Å². The average Bonchev–Trinajstić information content (AvgIpc) is 3.25. The van der Waals surface area contributed by atoms with Crippen molar-refractivity contribution >= 4 is 5.91 Å². The van der Waals surface area contributed by atoms with Crippen LogP contribution in [-0.2, 0) is 11.2 Å². The Balaban J connectivity index is 1.81. The van der Waals surface area contributed by atoms with Gasteiger partial charge in [0.1, 0.15) is 5.76 Å². The molecular formula is C20H23N3O2. The predicted octanol–water partition coefficient (Wildman–Crippen LogP) is 3.84. The van der Waals surface area contributed by atoms with Crippen LogP contribution in [0.4, 0.5) is 0 Å². The second-order valence-corrected chi connectivity index (χ2v) is 6.27. The van der Waals surface area contributed by atoms with Gasteiger partial charge in [0.15, 0.2) is 0 Å². The van der Waals surface area contributed by atoms with Crippen LogP contribution in [0, 0.1) is 13.8 Å². The van der Waals surface area contributed by atoms with Crippen molar-refractivity contribution in [2.24, 2.45) is 0 Å². The van der Waals surface area contributed by atoms with Crippen molar-refractivity contribution < 1.29 is 9.21 Å². The molecule has 0 aliphatic carbocycles. The lowest BCUT2D eigenvalue weighted by atomic mass is 10.1. The van der Waals surface area contributed by atoms with Crippen LogP contribution in [0.3, 0.4) is 0 Å². The number of benzene rings is 1. The van der Waals surface area contributed by atoms with Gasteiger partial charge in [0, 0.05) is 18.3 Å². The zero-order valence-corrected chi connectivity index (χ0v) is 15.1. The van der Waals surface area contributed by atoms with Crippen LogP contribution in [0.1, 0.15) is 35.7 Å². The van der Waals surface area contributed by atoms with Crippen molar-refractivity contribution in [1.29, 1.82) is 0 Å². The van der Waals surface area contributed by atoms with Gasteiger partial charge in [-0.05, 0) is 45.0 Å². The van der Waals surface area contributed by atoms with E-state index in [-0.39, 0.29) is 11.9 Å². The Bertz CT molecular complexity index is 851. The van der Waals surface area contributed by atoms with Gasteiger partial charge in [-0.25, -0.2) is 4.68 Å². The molecule has 0 fully saturated rings. The third kappa shape index (κ3) is 3.36. The number of para-hydroxylation sites is 1. The first-order valence-electron chi connectivity index (χ1n) is 8.38. The standard InChI is InChI=1S/C20H23N3O2/c1-14-18(15(2)23(21-14)17-9-6-5-7-10-17)13-20(24)22(4)16(3)19-11-8-12-25-19/h5-12,16H,13H2,1-4H3. The van der Waals surface area contributed by atoms with E-state index in [1.807, 2.05) is 75.0 Å². The minimum Gasteiger partial charge on any atom is -0.467 e. The predicted molar refractivity (Wildman–Crippen MR) is 96.6 cm³/mol. The first kappa shape index (κ1) is 17.0. The minimum atomic E-state index is -0.104. The molecule has 1 amide bonds. The number of carbonyl (C=O) groups excluding carboxylic acids is 1. The van der Waals surface area contributed by atoms with Crippen LogP contribution in [0.5, 0.6) is 0 Å². The van der Waals surface area contributed by atoms with Gasteiger partial charge in [-0.3, -0.25) is 4.79 Å². The molecule has 0 saturated heterocycles. The summed E-state index contributed by atoms with van der Waals surface area (Å²) in [6, 6.07) is 13.6. The smallest absolute Gasteiger partial charge is 0.227 e. The summed E-state index contributed by atoms with van der Waals surface area (Å²) >= 11 is 0. The number of nitrogens with zero attached hydrogens (tertiary/aromatic N) is 3. The molecule has 1 atom stereocenters. The molecule has 2 heterocycles. The van der Waals surface area contributed by atoms with E-state index >= 15 is 0 Å². The summed E-state index contributed by atoms with van der Waals surface area (Å²) in [5.74, 6) is 0.826. The Morgan fingerprint density at radius 1 is 1.20 bits per heavy atom. The molecule has 0 radical (unpaired) electrons. The van der Waals surface area contributed by atoms with Crippen LogP contribution in [-0.4, -0.2) is 27.6 Å². The number of rotatable bonds is 5. The lowest BCUT2D eigenvalue weighted by molar-refractivity contribution is -0.131. The maximum atomic E-state index is 12.7. The Morgan fingerprint density at radius 3 is 2.56 bits per heavy atom. The first-order valence-corrected chi connectivity index (χ1v) is 8.38. The van der Waals surface area contributed by atoms with Crippen LogP contribution >= 0.6 is 0 Å². The van der Waals surface area contributed by atoms with Crippen molar-refractivity contribution in [1.82, 2.24) is 14.7 Å². The monoisotopic (exact) mass is 337 g/mol. The normalized spacial score (nSPS) is 12.2. The fraction of sp³-hybridized carbons (Fsp3) is 0.300. The lowest BCUT2D eigenvalue weighted by Gasteiger charge is -2.23. The average molecular weight is 337 g/mol. The van der Waals surface area contributed by atoms with E-state index in [2.05, 4.69) is 5.10 Å². The SMILES string of the molecule is Cc1nn(-c2ccccc2)c(C)c1CC(=O)N(C)C(C)c1ccco1. The fourth-order valence-electron chi connectivity index (χ4n) is 2.96. The van der Waals surface area contributed by atoms with E-state index in [0.717, 1.165) is 28.4 Å². The first-order chi connectivity index (χ1) is 12.0. The molecule has 1 unspecified atom stereocenters. The maximum absolute atomic E-state index is 12.7. The van der Waals surface area contributed by atoms with Gasteiger partial charge in [0.25, 0.3) is 0 Å². The minimum absolute atomic E-state index is 0.0442. The van der Waals surface area contributed by atoms with Gasteiger partial charge >= 0.3 is 0 Å². The molecule has 0 spiro atoms. The van der Waals surface area contributed by atoms with E-state index in [1.165, 1.54) is 0 Å². The highest BCUT2D eigenvalue weighted by Crippen LogP contribution is 2.22. The molecule has 0 aliphatic heterocycles. The molecule has 0 saturated carbocycles. The summed E-state index contributed by atoms with van der Waals surface area (Å²) in [7, 11) is 1.81. The number of likely N-dealkylation sites (N-methyl/N-ethyl adjacent to an activating group) is 1. The highest BCUT2D eigenvalue weighted by molar-refractivity contribution is 5.79. The lowest BCUT2D eigenvalue weighted by Crippen LogP contribution is -2.31. The highest BCUT2D eigenvalue weighted by Gasteiger charge is 2.22. The molecule has 1 aromatic carbocycles. The van der Waals surface area contributed by atoms with Crippen LogP contribution in [0.25, 0.3) is 5.69 Å². The zero-order chi connectivity index (χ0) is 18.0. The molecule has 3 aromatic rings. The summed E-state index contributed by atoms with van der Waals surface area (Å²) in [6.45, 7) is 5.92. The third-order valence-electron chi connectivity index (χ3n) is 4.70. The number of aryl methyl sites for hydroxylation is 1. The Morgan fingerprint density at radius 2 is 1.92 bits per heavy atom. The van der Waals surface area contributed by atoms with Crippen molar-refractivity contribution in [2.75, 3.05) is 7.05 Å². The van der Waals surface area contributed by atoms with Gasteiger partial charge in [-0.2, -0.15) is 5.10 Å². The highest BCUT2D eigenvalue weighted by atomic mass is 16.3. The summed E-state index contributed by atoms with van der Waals surface area (Å²) in [5.41, 5.74) is 3.86. The summed E-state index contributed by atoms with van der Waals surface area (Å²) in [5, 5.41) is 4.61. The topological polar surface area (TPSA) is 51.3 Å². The van der Waals surface area contributed by atoms with E-state index in [1.54, 1.807) is 11.2 Å². The van der Waals surface area contributed by atoms with Crippen LogP contribution in [0.15, 0.2) is 53.1 Å². The molecule has 0 aliphatic rings. The quantitative estimate of drug-likeness (QED) is 0.711. The van der Waals surface area contributed by atoms with Crippen molar-refractivity contribution in [3.05, 3.63) is 71.4 Å². The molecule has 130 valence electrons. The Hall–Kier alpha value is -2.82. The molecule has 2 aromatic heterocycles. The second kappa shape index (κ2) is 6.97. The summed E-state index contributed by atoms with van der Waals surface area (Å²) in [4.78, 5) is 14.5. The fourth-order valence-corrected chi connectivity index (χ4v) is 2.96. The molecule has 0 N–H and O–H groups in total. The zero-order valence-electron chi connectivity index (χ0n) is 15.1. The number of furan rings is 1. The number of hydrogen-bond acceptors (Lipinski definition) is 3. The molecule has 5 nitrogen and oxygen atoms in total. The van der Waals surface area contributed by atoms with Crippen LogP contribution < -0.4 is 0 Å². The molecule has 5 heteroatoms. The second-order valence-electron chi connectivity index (χ2n) is 6.27. The maximum Gasteiger partial charge on any atom is 0.227 e. The molecular weight excluding hydrogens is 314 g/mol. The summed E-state index contributed by atoms with van der Waals surface area (Å²) < 4.78 is 7.31. The Kier molecular flexibility index (Phi) is 4.74. The van der Waals surface area contributed by atoms with Gasteiger partial charge in [-0.1, -0.05) is 18.2 Å². The van der Waals surface area contributed by atoms with Crippen molar-refractivity contribution in [2.45, 2.75) is 33.2 Å². The van der Waals surface area contributed by atoms with E-state index < -0.39 is 0 Å². The van der Waals surface area contributed by atoms with Gasteiger partial charge in [0.2, 0.25) is 5.91 Å². The molecule has 3 rings (SSSR count). The Labute approximate surface area is 147 Å². The molecule has 0 bridgehead atoms. The van der Waals surface area contributed by atoms with Crippen molar-refractivity contribution in [3.63, 3.8) is 0 Å². The summed E-state index contributed by atoms with van der Waals surface area (Å²) in [6.07, 6.45) is 1.95. The van der Waals surface area contributed by atoms with E-state index in [4.69, 9.17) is 4.42 Å². The van der Waals surface area contributed by atoms with Crippen LogP contribution in [0.2, 0.25) is 0 Å². The number of carbonyl (C=O) groups is 1. The third-order valence-corrected chi connectivity index (χ3v) is 4.70. The van der Waals surface area contributed by atoms with Crippen molar-refractivity contribution in [3.8, 4) is 5.69 Å². The number of hydrogen-bond donors (Lipinski definition) is 0. The van der Waals surface area contributed by atoms with E-state index in [9.17, 15) is 4.79 Å². The number of amides is 1. The molecule has 25 heavy (non-hydrogen) atoms. The number of aromatic nitrogens is 2.